The predicted octanol–water partition coefficient (Wildman–Crippen LogP) is 3.16. The topological polar surface area (TPSA) is 9.23 Å². The molecule has 0 atom stereocenters. The van der Waals surface area contributed by atoms with Crippen molar-refractivity contribution in [3.63, 3.8) is 0 Å². The summed E-state index contributed by atoms with van der Waals surface area (Å²) in [5, 5.41) is 0. The molecule has 0 amide bonds. The molecule has 0 radical (unpaired) electrons. The monoisotopic (exact) mass is 164 g/mol. The van der Waals surface area contributed by atoms with Crippen LogP contribution in [-0.4, -0.2) is 6.61 Å². The van der Waals surface area contributed by atoms with Crippen LogP contribution in [0, 0.1) is 6.92 Å². The molecule has 1 aromatic carbocycles. The fourth-order valence-electron chi connectivity index (χ4n) is 0.652. The summed E-state index contributed by atoms with van der Waals surface area (Å²) >= 11 is 0. The van der Waals surface area contributed by atoms with E-state index in [2.05, 4.69) is 30.4 Å². The lowest BCUT2D eigenvalue weighted by Gasteiger charge is -1.84. The molecule has 0 aliphatic rings. The van der Waals surface area contributed by atoms with Crippen molar-refractivity contribution in [1.29, 1.82) is 0 Å². The van der Waals surface area contributed by atoms with Gasteiger partial charge in [-0.15, -0.1) is 0 Å². The van der Waals surface area contributed by atoms with Crippen molar-refractivity contribution in [2.75, 3.05) is 6.61 Å². The normalized spacial score (nSPS) is 7.83. The molecule has 12 heavy (non-hydrogen) atoms. The number of hydrogen-bond donors (Lipinski definition) is 0. The SMILES string of the molecule is C=COCC.Cc1ccccc1. The van der Waals surface area contributed by atoms with Crippen LogP contribution in [0.15, 0.2) is 43.2 Å². The summed E-state index contributed by atoms with van der Waals surface area (Å²) in [6.07, 6.45) is 1.43. The Labute approximate surface area is 74.7 Å². The van der Waals surface area contributed by atoms with Crippen LogP contribution in [0.25, 0.3) is 0 Å². The minimum absolute atomic E-state index is 0.726. The lowest BCUT2D eigenvalue weighted by atomic mass is 10.2. The van der Waals surface area contributed by atoms with Crippen LogP contribution in [0.4, 0.5) is 0 Å². The van der Waals surface area contributed by atoms with Gasteiger partial charge in [-0.1, -0.05) is 42.5 Å². The highest BCUT2D eigenvalue weighted by atomic mass is 16.5. The van der Waals surface area contributed by atoms with Crippen molar-refractivity contribution in [2.24, 2.45) is 0 Å². The first-order valence-corrected chi connectivity index (χ1v) is 4.05. The molecular weight excluding hydrogens is 148 g/mol. The van der Waals surface area contributed by atoms with Crippen LogP contribution in [0.5, 0.6) is 0 Å². The molecule has 1 rings (SSSR count). The number of ether oxygens (including phenoxy) is 1. The Morgan fingerprint density at radius 1 is 1.33 bits per heavy atom. The summed E-state index contributed by atoms with van der Waals surface area (Å²) < 4.78 is 4.60. The summed E-state index contributed by atoms with van der Waals surface area (Å²) in [5.74, 6) is 0. The zero-order valence-electron chi connectivity index (χ0n) is 7.79. The van der Waals surface area contributed by atoms with Crippen LogP contribution >= 0.6 is 0 Å². The molecule has 0 saturated heterocycles. The summed E-state index contributed by atoms with van der Waals surface area (Å²) in [7, 11) is 0. The van der Waals surface area contributed by atoms with Gasteiger partial charge in [0, 0.05) is 0 Å². The molecule has 66 valence electrons. The Morgan fingerprint density at radius 3 is 2.08 bits per heavy atom. The summed E-state index contributed by atoms with van der Waals surface area (Å²) in [6.45, 7) is 8.06. The third-order valence-electron chi connectivity index (χ3n) is 1.22. The molecule has 1 aromatic rings. The van der Waals surface area contributed by atoms with E-state index in [1.54, 1.807) is 0 Å². The average Bonchev–Trinajstić information content (AvgIpc) is 2.08. The largest absolute Gasteiger partial charge is 0.502 e. The molecular formula is C11H16O. The van der Waals surface area contributed by atoms with Crippen molar-refractivity contribution < 1.29 is 4.74 Å². The first-order chi connectivity index (χ1) is 5.81. The molecule has 1 heteroatoms. The van der Waals surface area contributed by atoms with E-state index in [0.29, 0.717) is 0 Å². The Bertz CT molecular complexity index is 191. The first-order valence-electron chi connectivity index (χ1n) is 4.05. The van der Waals surface area contributed by atoms with E-state index in [4.69, 9.17) is 0 Å². The molecule has 0 heterocycles. The molecule has 0 spiro atoms. The van der Waals surface area contributed by atoms with Gasteiger partial charge in [0.2, 0.25) is 0 Å². The number of rotatable bonds is 2. The fraction of sp³-hybridized carbons (Fsp3) is 0.273. The fourth-order valence-corrected chi connectivity index (χ4v) is 0.652. The van der Waals surface area contributed by atoms with E-state index in [1.165, 1.54) is 11.8 Å². The maximum absolute atomic E-state index is 4.60. The smallest absolute Gasteiger partial charge is 0.0844 e. The maximum atomic E-state index is 4.60. The zero-order valence-corrected chi connectivity index (χ0v) is 7.79. The van der Waals surface area contributed by atoms with Crippen molar-refractivity contribution in [1.82, 2.24) is 0 Å². The quantitative estimate of drug-likeness (QED) is 0.610. The average molecular weight is 164 g/mol. The molecule has 0 aromatic heterocycles. The molecule has 0 unspecified atom stereocenters. The first kappa shape index (κ1) is 10.8. The standard InChI is InChI=1S/C7H8.C4H8O/c1-7-5-3-2-4-6-7;1-3-5-4-2/h2-6H,1H3;3H,1,4H2,2H3. The number of hydrogen-bond acceptors (Lipinski definition) is 1. The maximum Gasteiger partial charge on any atom is 0.0844 e. The van der Waals surface area contributed by atoms with Gasteiger partial charge < -0.3 is 4.74 Å². The van der Waals surface area contributed by atoms with Crippen LogP contribution in [0.1, 0.15) is 12.5 Å². The minimum atomic E-state index is 0.726. The van der Waals surface area contributed by atoms with E-state index in [-0.39, 0.29) is 0 Å². The second kappa shape index (κ2) is 7.86. The van der Waals surface area contributed by atoms with E-state index in [0.717, 1.165) is 6.61 Å². The van der Waals surface area contributed by atoms with Gasteiger partial charge in [-0.25, -0.2) is 0 Å². The molecule has 0 fully saturated rings. The summed E-state index contributed by atoms with van der Waals surface area (Å²) in [6, 6.07) is 10.3. The van der Waals surface area contributed by atoms with Gasteiger partial charge in [-0.05, 0) is 13.8 Å². The van der Waals surface area contributed by atoms with Gasteiger partial charge in [-0.3, -0.25) is 0 Å². The highest BCUT2D eigenvalue weighted by Crippen LogP contribution is 1.92. The highest BCUT2D eigenvalue weighted by Gasteiger charge is 1.72. The van der Waals surface area contributed by atoms with E-state index in [1.807, 2.05) is 25.1 Å². The molecule has 0 aliphatic carbocycles. The molecule has 0 bridgehead atoms. The van der Waals surface area contributed by atoms with Gasteiger partial charge in [-0.2, -0.15) is 0 Å². The summed E-state index contributed by atoms with van der Waals surface area (Å²) in [5.41, 5.74) is 1.32. The Balaban J connectivity index is 0.000000217. The predicted molar refractivity (Wildman–Crippen MR) is 53.0 cm³/mol. The van der Waals surface area contributed by atoms with E-state index < -0.39 is 0 Å². The Morgan fingerprint density at radius 2 is 1.92 bits per heavy atom. The molecule has 1 nitrogen and oxygen atoms in total. The Kier molecular flexibility index (Phi) is 7.05. The van der Waals surface area contributed by atoms with Gasteiger partial charge in [0.1, 0.15) is 0 Å². The van der Waals surface area contributed by atoms with Crippen molar-refractivity contribution in [3.05, 3.63) is 48.7 Å². The highest BCUT2D eigenvalue weighted by molar-refractivity contribution is 5.11. The van der Waals surface area contributed by atoms with Gasteiger partial charge in [0.25, 0.3) is 0 Å². The van der Waals surface area contributed by atoms with Crippen molar-refractivity contribution in [2.45, 2.75) is 13.8 Å². The van der Waals surface area contributed by atoms with Crippen molar-refractivity contribution >= 4 is 0 Å². The number of benzene rings is 1. The minimum Gasteiger partial charge on any atom is -0.502 e. The van der Waals surface area contributed by atoms with Crippen molar-refractivity contribution in [3.8, 4) is 0 Å². The van der Waals surface area contributed by atoms with Crippen LogP contribution in [0.3, 0.4) is 0 Å². The zero-order chi connectivity index (χ0) is 9.23. The lowest BCUT2D eigenvalue weighted by molar-refractivity contribution is 0.270. The molecule has 0 aliphatic heterocycles. The molecule has 0 saturated carbocycles. The molecule has 0 N–H and O–H groups in total. The second-order valence-corrected chi connectivity index (χ2v) is 2.28. The summed E-state index contributed by atoms with van der Waals surface area (Å²) in [4.78, 5) is 0. The Hall–Kier alpha value is -1.24. The lowest BCUT2D eigenvalue weighted by Crippen LogP contribution is -1.72. The van der Waals surface area contributed by atoms with Crippen LogP contribution in [0.2, 0.25) is 0 Å². The third kappa shape index (κ3) is 6.87. The van der Waals surface area contributed by atoms with E-state index in [9.17, 15) is 0 Å². The second-order valence-electron chi connectivity index (χ2n) is 2.28. The van der Waals surface area contributed by atoms with E-state index >= 15 is 0 Å². The van der Waals surface area contributed by atoms with Gasteiger partial charge in [0.05, 0.1) is 12.9 Å². The van der Waals surface area contributed by atoms with Gasteiger partial charge in [0.15, 0.2) is 0 Å². The number of aryl methyl sites for hydroxylation is 1. The third-order valence-corrected chi connectivity index (χ3v) is 1.22. The van der Waals surface area contributed by atoms with Crippen LogP contribution < -0.4 is 0 Å². The van der Waals surface area contributed by atoms with Gasteiger partial charge >= 0.3 is 0 Å². The van der Waals surface area contributed by atoms with Crippen LogP contribution in [-0.2, 0) is 4.74 Å².